The highest BCUT2D eigenvalue weighted by atomic mass is 16.1. The van der Waals surface area contributed by atoms with Crippen LogP contribution < -0.4 is 5.32 Å². The summed E-state index contributed by atoms with van der Waals surface area (Å²) in [5, 5.41) is 3.00. The first-order valence-corrected chi connectivity index (χ1v) is 6.54. The molecule has 1 N–H and O–H groups in total. The Balaban J connectivity index is 2.59. The van der Waals surface area contributed by atoms with E-state index in [9.17, 15) is 4.79 Å². The van der Waals surface area contributed by atoms with E-state index in [1.54, 1.807) is 0 Å². The second kappa shape index (κ2) is 7.10. The van der Waals surface area contributed by atoms with Crippen molar-refractivity contribution >= 4 is 11.6 Å². The fraction of sp³-hybridized carbons (Fsp3) is 0.533. The molecule has 0 aliphatic heterocycles. The quantitative estimate of drug-likeness (QED) is 0.785. The van der Waals surface area contributed by atoms with Gasteiger partial charge in [0.05, 0.1) is 0 Å². The molecule has 17 heavy (non-hydrogen) atoms. The van der Waals surface area contributed by atoms with E-state index in [1.807, 2.05) is 31.2 Å². The second-order valence-corrected chi connectivity index (χ2v) is 4.63. The van der Waals surface area contributed by atoms with Crippen LogP contribution in [0.2, 0.25) is 0 Å². The Hall–Kier alpha value is -1.31. The summed E-state index contributed by atoms with van der Waals surface area (Å²) in [6.07, 6.45) is 4.08. The van der Waals surface area contributed by atoms with Crippen LogP contribution in [0.3, 0.4) is 0 Å². The lowest BCUT2D eigenvalue weighted by molar-refractivity contribution is -0.120. The van der Waals surface area contributed by atoms with E-state index < -0.39 is 0 Å². The van der Waals surface area contributed by atoms with Crippen LogP contribution in [-0.4, -0.2) is 5.91 Å². The van der Waals surface area contributed by atoms with Crippen LogP contribution in [0, 0.1) is 12.8 Å². The minimum Gasteiger partial charge on any atom is -0.326 e. The average molecular weight is 233 g/mol. The van der Waals surface area contributed by atoms with E-state index >= 15 is 0 Å². The Morgan fingerprint density at radius 2 is 1.65 bits per heavy atom. The van der Waals surface area contributed by atoms with Crippen molar-refractivity contribution in [1.29, 1.82) is 0 Å². The highest BCUT2D eigenvalue weighted by Crippen LogP contribution is 2.17. The SMILES string of the molecule is CCCC(CCC)C(=O)Nc1ccc(C)cc1. The van der Waals surface area contributed by atoms with Crippen molar-refractivity contribution in [3.8, 4) is 0 Å². The molecular formula is C15H23NO. The summed E-state index contributed by atoms with van der Waals surface area (Å²) >= 11 is 0. The topological polar surface area (TPSA) is 29.1 Å². The molecule has 0 atom stereocenters. The number of carbonyl (C=O) groups excluding carboxylic acids is 1. The summed E-state index contributed by atoms with van der Waals surface area (Å²) in [6, 6.07) is 7.96. The summed E-state index contributed by atoms with van der Waals surface area (Å²) in [6.45, 7) is 6.30. The maximum Gasteiger partial charge on any atom is 0.227 e. The first-order chi connectivity index (χ1) is 8.17. The summed E-state index contributed by atoms with van der Waals surface area (Å²) < 4.78 is 0. The van der Waals surface area contributed by atoms with Gasteiger partial charge < -0.3 is 5.32 Å². The Morgan fingerprint density at radius 1 is 1.12 bits per heavy atom. The summed E-state index contributed by atoms with van der Waals surface area (Å²) in [5.41, 5.74) is 2.11. The molecule has 0 aromatic heterocycles. The van der Waals surface area contributed by atoms with Gasteiger partial charge in [0, 0.05) is 11.6 Å². The lowest BCUT2D eigenvalue weighted by Crippen LogP contribution is -2.22. The number of amides is 1. The number of rotatable bonds is 6. The van der Waals surface area contributed by atoms with Crippen molar-refractivity contribution < 1.29 is 4.79 Å². The molecule has 2 heteroatoms. The molecule has 0 bridgehead atoms. The third-order valence-electron chi connectivity index (χ3n) is 2.96. The minimum absolute atomic E-state index is 0.159. The number of benzene rings is 1. The van der Waals surface area contributed by atoms with Gasteiger partial charge in [-0.15, -0.1) is 0 Å². The van der Waals surface area contributed by atoms with Gasteiger partial charge >= 0.3 is 0 Å². The van der Waals surface area contributed by atoms with E-state index in [0.717, 1.165) is 31.4 Å². The predicted molar refractivity (Wildman–Crippen MR) is 73.1 cm³/mol. The molecule has 94 valence electrons. The monoisotopic (exact) mass is 233 g/mol. The fourth-order valence-corrected chi connectivity index (χ4v) is 1.98. The summed E-state index contributed by atoms with van der Waals surface area (Å²) in [5.74, 6) is 0.323. The minimum atomic E-state index is 0.159. The van der Waals surface area contributed by atoms with Gasteiger partial charge in [0.1, 0.15) is 0 Å². The van der Waals surface area contributed by atoms with Crippen LogP contribution in [0.25, 0.3) is 0 Å². The molecule has 0 unspecified atom stereocenters. The van der Waals surface area contributed by atoms with Crippen LogP contribution >= 0.6 is 0 Å². The smallest absolute Gasteiger partial charge is 0.227 e. The maximum absolute atomic E-state index is 12.1. The predicted octanol–water partition coefficient (Wildman–Crippen LogP) is 4.15. The molecule has 1 aromatic carbocycles. The third kappa shape index (κ3) is 4.59. The van der Waals surface area contributed by atoms with Crippen LogP contribution in [0.5, 0.6) is 0 Å². The molecule has 0 aliphatic rings. The van der Waals surface area contributed by atoms with E-state index in [0.29, 0.717) is 0 Å². The van der Waals surface area contributed by atoms with Crippen molar-refractivity contribution in [3.63, 3.8) is 0 Å². The molecule has 1 rings (SSSR count). The fourth-order valence-electron chi connectivity index (χ4n) is 1.98. The van der Waals surface area contributed by atoms with Crippen molar-refractivity contribution in [1.82, 2.24) is 0 Å². The Bertz CT molecular complexity index is 336. The molecule has 0 fully saturated rings. The van der Waals surface area contributed by atoms with Crippen LogP contribution in [0.1, 0.15) is 45.1 Å². The van der Waals surface area contributed by atoms with Gasteiger partial charge in [0.25, 0.3) is 0 Å². The number of aryl methyl sites for hydroxylation is 1. The lowest BCUT2D eigenvalue weighted by Gasteiger charge is -2.15. The Kier molecular flexibility index (Phi) is 5.75. The molecule has 0 saturated carbocycles. The zero-order chi connectivity index (χ0) is 12.7. The lowest BCUT2D eigenvalue weighted by atomic mass is 9.97. The van der Waals surface area contributed by atoms with Gasteiger partial charge in [-0.1, -0.05) is 44.4 Å². The maximum atomic E-state index is 12.1. The Morgan fingerprint density at radius 3 is 2.12 bits per heavy atom. The van der Waals surface area contributed by atoms with Crippen molar-refractivity contribution in [2.75, 3.05) is 5.32 Å². The molecule has 0 heterocycles. The molecule has 0 spiro atoms. The van der Waals surface area contributed by atoms with E-state index in [1.165, 1.54) is 5.56 Å². The van der Waals surface area contributed by atoms with E-state index in [2.05, 4.69) is 19.2 Å². The standard InChI is InChI=1S/C15H23NO/c1-4-6-13(7-5-2)15(17)16-14-10-8-12(3)9-11-14/h8-11,13H,4-7H2,1-3H3,(H,16,17). The number of nitrogens with one attached hydrogen (secondary N) is 1. The molecular weight excluding hydrogens is 210 g/mol. The average Bonchev–Trinajstić information content (AvgIpc) is 2.32. The first-order valence-electron chi connectivity index (χ1n) is 6.54. The van der Waals surface area contributed by atoms with Gasteiger partial charge in [-0.2, -0.15) is 0 Å². The van der Waals surface area contributed by atoms with Gasteiger partial charge in [0.15, 0.2) is 0 Å². The zero-order valence-corrected chi connectivity index (χ0v) is 11.1. The Labute approximate surface area is 104 Å². The number of carbonyl (C=O) groups is 1. The summed E-state index contributed by atoms with van der Waals surface area (Å²) in [7, 11) is 0. The van der Waals surface area contributed by atoms with Crippen LogP contribution in [0.4, 0.5) is 5.69 Å². The summed E-state index contributed by atoms with van der Waals surface area (Å²) in [4.78, 5) is 12.1. The molecule has 1 amide bonds. The third-order valence-corrected chi connectivity index (χ3v) is 2.96. The number of hydrogen-bond acceptors (Lipinski definition) is 1. The largest absolute Gasteiger partial charge is 0.326 e. The van der Waals surface area contributed by atoms with Gasteiger partial charge in [-0.25, -0.2) is 0 Å². The second-order valence-electron chi connectivity index (χ2n) is 4.63. The zero-order valence-electron chi connectivity index (χ0n) is 11.1. The number of anilines is 1. The van der Waals surface area contributed by atoms with E-state index in [4.69, 9.17) is 0 Å². The van der Waals surface area contributed by atoms with Crippen LogP contribution in [-0.2, 0) is 4.79 Å². The molecule has 1 aromatic rings. The van der Waals surface area contributed by atoms with Crippen molar-refractivity contribution in [3.05, 3.63) is 29.8 Å². The molecule has 0 aliphatic carbocycles. The van der Waals surface area contributed by atoms with Gasteiger partial charge in [-0.05, 0) is 31.9 Å². The molecule has 2 nitrogen and oxygen atoms in total. The van der Waals surface area contributed by atoms with Gasteiger partial charge in [-0.3, -0.25) is 4.79 Å². The van der Waals surface area contributed by atoms with Crippen LogP contribution in [0.15, 0.2) is 24.3 Å². The molecule has 0 radical (unpaired) electrons. The van der Waals surface area contributed by atoms with Gasteiger partial charge in [0.2, 0.25) is 5.91 Å². The van der Waals surface area contributed by atoms with Crippen molar-refractivity contribution in [2.24, 2.45) is 5.92 Å². The normalized spacial score (nSPS) is 10.6. The highest BCUT2D eigenvalue weighted by molar-refractivity contribution is 5.92. The first kappa shape index (κ1) is 13.8. The van der Waals surface area contributed by atoms with E-state index in [-0.39, 0.29) is 11.8 Å². The van der Waals surface area contributed by atoms with Crippen molar-refractivity contribution in [2.45, 2.75) is 46.5 Å². The molecule has 0 saturated heterocycles. The highest BCUT2D eigenvalue weighted by Gasteiger charge is 2.16. The number of hydrogen-bond donors (Lipinski definition) is 1.